The van der Waals surface area contributed by atoms with Crippen LogP contribution in [-0.2, 0) is 0 Å². The predicted molar refractivity (Wildman–Crippen MR) is 70.3 cm³/mol. The molecule has 1 unspecified atom stereocenters. The molecule has 0 spiro atoms. The maximum absolute atomic E-state index is 12.4. The molecule has 2 rings (SSSR count). The molecule has 2 heterocycles. The standard InChI is InChI=1S/C13H20N4O/c1-8(2)12-15-7-10(14)11(16-12)13(18)17-6-4-5-9(17)3/h7-9H,4-6,14H2,1-3H3. The number of carbonyl (C=O) groups is 1. The second-order valence-corrected chi connectivity index (χ2v) is 5.18. The van der Waals surface area contributed by atoms with Crippen molar-refractivity contribution in [2.24, 2.45) is 0 Å². The lowest BCUT2D eigenvalue weighted by Crippen LogP contribution is -2.35. The minimum absolute atomic E-state index is 0.0678. The summed E-state index contributed by atoms with van der Waals surface area (Å²) in [6.07, 6.45) is 3.64. The van der Waals surface area contributed by atoms with Gasteiger partial charge in [-0.15, -0.1) is 0 Å². The molecule has 1 aliphatic heterocycles. The van der Waals surface area contributed by atoms with Crippen LogP contribution in [0.2, 0.25) is 0 Å². The normalized spacial score (nSPS) is 19.6. The molecule has 1 aromatic rings. The molecule has 0 radical (unpaired) electrons. The molecule has 18 heavy (non-hydrogen) atoms. The van der Waals surface area contributed by atoms with E-state index in [1.807, 2.05) is 18.7 Å². The van der Waals surface area contributed by atoms with E-state index in [9.17, 15) is 4.79 Å². The maximum Gasteiger partial charge on any atom is 0.274 e. The summed E-state index contributed by atoms with van der Waals surface area (Å²) in [6, 6.07) is 0.273. The number of likely N-dealkylation sites (tertiary alicyclic amines) is 1. The Morgan fingerprint density at radius 1 is 1.56 bits per heavy atom. The quantitative estimate of drug-likeness (QED) is 0.866. The summed E-state index contributed by atoms with van der Waals surface area (Å²) in [6.45, 7) is 6.85. The number of aromatic nitrogens is 2. The summed E-state index contributed by atoms with van der Waals surface area (Å²) < 4.78 is 0. The Morgan fingerprint density at radius 3 is 2.83 bits per heavy atom. The van der Waals surface area contributed by atoms with Crippen LogP contribution in [0.4, 0.5) is 5.69 Å². The van der Waals surface area contributed by atoms with Gasteiger partial charge in [-0.05, 0) is 19.8 Å². The van der Waals surface area contributed by atoms with Gasteiger partial charge in [-0.1, -0.05) is 13.8 Å². The van der Waals surface area contributed by atoms with Crippen molar-refractivity contribution in [3.05, 3.63) is 17.7 Å². The van der Waals surface area contributed by atoms with Crippen LogP contribution in [0.5, 0.6) is 0 Å². The summed E-state index contributed by atoms with van der Waals surface area (Å²) in [5.74, 6) is 0.786. The van der Waals surface area contributed by atoms with E-state index in [1.165, 1.54) is 6.20 Å². The van der Waals surface area contributed by atoms with Crippen LogP contribution in [0.15, 0.2) is 6.20 Å². The largest absolute Gasteiger partial charge is 0.396 e. The van der Waals surface area contributed by atoms with E-state index in [4.69, 9.17) is 5.73 Å². The Bertz CT molecular complexity index is 458. The third-order valence-electron chi connectivity index (χ3n) is 3.37. The first-order chi connectivity index (χ1) is 8.50. The van der Waals surface area contributed by atoms with E-state index in [2.05, 4.69) is 16.9 Å². The summed E-state index contributed by atoms with van der Waals surface area (Å²) in [7, 11) is 0. The third-order valence-corrected chi connectivity index (χ3v) is 3.37. The van der Waals surface area contributed by atoms with Gasteiger partial charge in [-0.2, -0.15) is 0 Å². The fourth-order valence-corrected chi connectivity index (χ4v) is 2.23. The van der Waals surface area contributed by atoms with Crippen molar-refractivity contribution in [1.29, 1.82) is 0 Å². The number of nitrogen functional groups attached to an aromatic ring is 1. The van der Waals surface area contributed by atoms with E-state index >= 15 is 0 Å². The molecule has 0 aliphatic carbocycles. The average Bonchev–Trinajstić information content (AvgIpc) is 2.75. The van der Waals surface area contributed by atoms with E-state index in [0.29, 0.717) is 17.2 Å². The average molecular weight is 248 g/mol. The lowest BCUT2D eigenvalue weighted by atomic mass is 10.2. The van der Waals surface area contributed by atoms with Crippen LogP contribution in [0.3, 0.4) is 0 Å². The number of amides is 1. The molecule has 5 nitrogen and oxygen atoms in total. The molecule has 1 fully saturated rings. The smallest absolute Gasteiger partial charge is 0.274 e. The number of carbonyl (C=O) groups excluding carboxylic acids is 1. The van der Waals surface area contributed by atoms with E-state index < -0.39 is 0 Å². The predicted octanol–water partition coefficient (Wildman–Crippen LogP) is 1.81. The highest BCUT2D eigenvalue weighted by molar-refractivity contribution is 5.97. The lowest BCUT2D eigenvalue weighted by Gasteiger charge is -2.21. The highest BCUT2D eigenvalue weighted by Gasteiger charge is 2.28. The monoisotopic (exact) mass is 248 g/mol. The SMILES string of the molecule is CC(C)c1ncc(N)c(C(=O)N2CCCC2C)n1. The Labute approximate surface area is 107 Å². The first kappa shape index (κ1) is 12.8. The highest BCUT2D eigenvalue weighted by Crippen LogP contribution is 2.21. The molecule has 0 aromatic carbocycles. The number of hydrogen-bond acceptors (Lipinski definition) is 4. The van der Waals surface area contributed by atoms with Crippen molar-refractivity contribution >= 4 is 11.6 Å². The van der Waals surface area contributed by atoms with Crippen LogP contribution in [-0.4, -0.2) is 33.4 Å². The zero-order valence-electron chi connectivity index (χ0n) is 11.2. The maximum atomic E-state index is 12.4. The fraction of sp³-hybridized carbons (Fsp3) is 0.615. The van der Waals surface area contributed by atoms with Gasteiger partial charge >= 0.3 is 0 Å². The summed E-state index contributed by atoms with van der Waals surface area (Å²) in [5, 5.41) is 0. The fourth-order valence-electron chi connectivity index (χ4n) is 2.23. The molecule has 0 saturated carbocycles. The van der Waals surface area contributed by atoms with Crippen LogP contribution in [0.25, 0.3) is 0 Å². The van der Waals surface area contributed by atoms with Crippen LogP contribution >= 0.6 is 0 Å². The van der Waals surface area contributed by atoms with Crippen molar-refractivity contribution in [2.75, 3.05) is 12.3 Å². The summed E-state index contributed by atoms with van der Waals surface area (Å²) >= 11 is 0. The molecule has 1 aromatic heterocycles. The molecule has 1 amide bonds. The molecule has 98 valence electrons. The topological polar surface area (TPSA) is 72.1 Å². The van der Waals surface area contributed by atoms with E-state index in [-0.39, 0.29) is 17.9 Å². The lowest BCUT2D eigenvalue weighted by molar-refractivity contribution is 0.0742. The second kappa shape index (κ2) is 4.92. The molecule has 0 bridgehead atoms. The Balaban J connectivity index is 2.31. The van der Waals surface area contributed by atoms with Gasteiger partial charge in [-0.3, -0.25) is 4.79 Å². The highest BCUT2D eigenvalue weighted by atomic mass is 16.2. The first-order valence-electron chi connectivity index (χ1n) is 6.44. The molecular formula is C13H20N4O. The van der Waals surface area contributed by atoms with Gasteiger partial charge in [0.2, 0.25) is 0 Å². The first-order valence-corrected chi connectivity index (χ1v) is 6.44. The van der Waals surface area contributed by atoms with Gasteiger partial charge in [0.1, 0.15) is 5.82 Å². The number of anilines is 1. The van der Waals surface area contributed by atoms with Gasteiger partial charge < -0.3 is 10.6 Å². The van der Waals surface area contributed by atoms with Gasteiger partial charge in [0, 0.05) is 18.5 Å². The van der Waals surface area contributed by atoms with Crippen molar-refractivity contribution in [3.8, 4) is 0 Å². The Kier molecular flexibility index (Phi) is 3.50. The van der Waals surface area contributed by atoms with Crippen molar-refractivity contribution < 1.29 is 4.79 Å². The summed E-state index contributed by atoms with van der Waals surface area (Å²) in [5.41, 5.74) is 6.54. The van der Waals surface area contributed by atoms with Gasteiger partial charge in [0.05, 0.1) is 11.9 Å². The van der Waals surface area contributed by atoms with Crippen LogP contribution in [0.1, 0.15) is 55.8 Å². The third kappa shape index (κ3) is 2.30. The molecule has 1 saturated heterocycles. The van der Waals surface area contributed by atoms with Crippen molar-refractivity contribution in [1.82, 2.24) is 14.9 Å². The summed E-state index contributed by atoms with van der Waals surface area (Å²) in [4.78, 5) is 22.7. The zero-order chi connectivity index (χ0) is 13.3. The zero-order valence-corrected chi connectivity index (χ0v) is 11.2. The number of hydrogen-bond donors (Lipinski definition) is 1. The van der Waals surface area contributed by atoms with Gasteiger partial charge in [0.15, 0.2) is 5.69 Å². The number of rotatable bonds is 2. The minimum atomic E-state index is -0.0678. The molecule has 5 heteroatoms. The van der Waals surface area contributed by atoms with Crippen molar-refractivity contribution in [2.45, 2.75) is 45.6 Å². The number of nitrogens with zero attached hydrogens (tertiary/aromatic N) is 3. The molecule has 1 aliphatic rings. The molecule has 1 atom stereocenters. The Morgan fingerprint density at radius 2 is 2.28 bits per heavy atom. The second-order valence-electron chi connectivity index (χ2n) is 5.18. The van der Waals surface area contributed by atoms with Crippen molar-refractivity contribution in [3.63, 3.8) is 0 Å². The molecular weight excluding hydrogens is 228 g/mol. The molecule has 2 N–H and O–H groups in total. The minimum Gasteiger partial charge on any atom is -0.396 e. The number of nitrogens with two attached hydrogens (primary N) is 1. The van der Waals surface area contributed by atoms with Crippen LogP contribution < -0.4 is 5.73 Å². The van der Waals surface area contributed by atoms with Gasteiger partial charge in [-0.25, -0.2) is 9.97 Å². The van der Waals surface area contributed by atoms with Gasteiger partial charge in [0.25, 0.3) is 5.91 Å². The van der Waals surface area contributed by atoms with E-state index in [0.717, 1.165) is 19.4 Å². The van der Waals surface area contributed by atoms with E-state index in [1.54, 1.807) is 0 Å². The Hall–Kier alpha value is -1.65. The van der Waals surface area contributed by atoms with Crippen LogP contribution in [0, 0.1) is 0 Å².